The van der Waals surface area contributed by atoms with Crippen LogP contribution in [0, 0.1) is 28.9 Å². The molecule has 18 heavy (non-hydrogen) atoms. The van der Waals surface area contributed by atoms with E-state index in [0.29, 0.717) is 11.8 Å². The van der Waals surface area contributed by atoms with Crippen molar-refractivity contribution < 1.29 is 18.7 Å². The zero-order valence-electron chi connectivity index (χ0n) is 9.78. The second-order valence-electron chi connectivity index (χ2n) is 4.00. The van der Waals surface area contributed by atoms with Crippen molar-refractivity contribution >= 4 is 17.7 Å². The van der Waals surface area contributed by atoms with Gasteiger partial charge in [-0.2, -0.15) is 5.26 Å². The van der Waals surface area contributed by atoms with Gasteiger partial charge in [0.15, 0.2) is 0 Å². The van der Waals surface area contributed by atoms with E-state index in [1.165, 1.54) is 0 Å². The zero-order chi connectivity index (χ0) is 13.9. The van der Waals surface area contributed by atoms with Crippen LogP contribution in [0.4, 0.5) is 8.78 Å². The van der Waals surface area contributed by atoms with Crippen molar-refractivity contribution in [2.45, 2.75) is 24.0 Å². The molecule has 1 rings (SSSR count). The van der Waals surface area contributed by atoms with Crippen LogP contribution in [0.5, 0.6) is 0 Å². The number of halogens is 2. The van der Waals surface area contributed by atoms with Crippen LogP contribution in [0.25, 0.3) is 0 Å². The normalized spacial score (nSPS) is 12.2. The van der Waals surface area contributed by atoms with Gasteiger partial charge in [0, 0.05) is 0 Å². The van der Waals surface area contributed by atoms with Gasteiger partial charge in [0.1, 0.15) is 16.9 Å². The molecule has 0 saturated heterocycles. The molecular formula is C12H11F2NO2S. The molecule has 3 nitrogen and oxygen atoms in total. The Labute approximate surface area is 107 Å². The summed E-state index contributed by atoms with van der Waals surface area (Å²) < 4.78 is 27.2. The standard InChI is InChI=1S/C12H11F2NO2S/c1-6(2)10(12(16)17)18-11-8(13)3-7(5-15)4-9(11)14/h3-4,6,10H,1-2H3,(H,16,17). The Balaban J connectivity index is 3.12. The van der Waals surface area contributed by atoms with Gasteiger partial charge >= 0.3 is 5.97 Å². The molecule has 0 aliphatic rings. The van der Waals surface area contributed by atoms with E-state index in [9.17, 15) is 13.6 Å². The molecule has 0 radical (unpaired) electrons. The lowest BCUT2D eigenvalue weighted by Crippen LogP contribution is -2.22. The summed E-state index contributed by atoms with van der Waals surface area (Å²) >= 11 is 0.618. The number of benzene rings is 1. The van der Waals surface area contributed by atoms with Crippen LogP contribution in [0.3, 0.4) is 0 Å². The third kappa shape index (κ3) is 3.20. The van der Waals surface area contributed by atoms with Crippen molar-refractivity contribution in [2.75, 3.05) is 0 Å². The third-order valence-corrected chi connectivity index (χ3v) is 3.85. The van der Waals surface area contributed by atoms with Crippen LogP contribution in [0.2, 0.25) is 0 Å². The highest BCUT2D eigenvalue weighted by Crippen LogP contribution is 2.33. The molecule has 1 atom stereocenters. The van der Waals surface area contributed by atoms with Crippen LogP contribution in [-0.2, 0) is 4.79 Å². The van der Waals surface area contributed by atoms with Gasteiger partial charge in [-0.25, -0.2) is 8.78 Å². The van der Waals surface area contributed by atoms with E-state index in [1.54, 1.807) is 19.9 Å². The van der Waals surface area contributed by atoms with Gasteiger partial charge in [0.2, 0.25) is 0 Å². The lowest BCUT2D eigenvalue weighted by molar-refractivity contribution is -0.137. The highest BCUT2D eigenvalue weighted by Gasteiger charge is 2.26. The molecule has 0 heterocycles. The van der Waals surface area contributed by atoms with Gasteiger partial charge in [-0.05, 0) is 18.1 Å². The maximum Gasteiger partial charge on any atom is 0.317 e. The third-order valence-electron chi connectivity index (χ3n) is 2.22. The number of aliphatic carboxylic acids is 1. The molecule has 1 unspecified atom stereocenters. The summed E-state index contributed by atoms with van der Waals surface area (Å²) in [5.74, 6) is -3.23. The summed E-state index contributed by atoms with van der Waals surface area (Å²) in [6.07, 6.45) is 0. The monoisotopic (exact) mass is 271 g/mol. The van der Waals surface area contributed by atoms with E-state index in [2.05, 4.69) is 0 Å². The average molecular weight is 271 g/mol. The van der Waals surface area contributed by atoms with Gasteiger partial charge in [0.05, 0.1) is 16.5 Å². The van der Waals surface area contributed by atoms with Crippen LogP contribution in [0.1, 0.15) is 19.4 Å². The van der Waals surface area contributed by atoms with E-state index in [4.69, 9.17) is 10.4 Å². The lowest BCUT2D eigenvalue weighted by Gasteiger charge is -2.16. The van der Waals surface area contributed by atoms with E-state index in [1.807, 2.05) is 0 Å². The largest absolute Gasteiger partial charge is 0.480 e. The summed E-state index contributed by atoms with van der Waals surface area (Å²) in [4.78, 5) is 10.6. The van der Waals surface area contributed by atoms with Gasteiger partial charge in [-0.3, -0.25) is 4.79 Å². The molecule has 0 fully saturated rings. The Bertz CT molecular complexity index is 488. The quantitative estimate of drug-likeness (QED) is 0.855. The van der Waals surface area contributed by atoms with Crippen LogP contribution < -0.4 is 0 Å². The molecule has 0 aliphatic heterocycles. The first-order chi connectivity index (χ1) is 8.36. The number of nitrogens with zero attached hydrogens (tertiary/aromatic N) is 1. The van der Waals surface area contributed by atoms with Crippen molar-refractivity contribution in [3.63, 3.8) is 0 Å². The smallest absolute Gasteiger partial charge is 0.317 e. The Morgan fingerprint density at radius 3 is 2.22 bits per heavy atom. The second-order valence-corrected chi connectivity index (χ2v) is 5.15. The number of nitriles is 1. The van der Waals surface area contributed by atoms with Crippen molar-refractivity contribution in [3.05, 3.63) is 29.3 Å². The van der Waals surface area contributed by atoms with Crippen molar-refractivity contribution in [1.82, 2.24) is 0 Å². The number of carboxylic acid groups (broad SMARTS) is 1. The highest BCUT2D eigenvalue weighted by atomic mass is 32.2. The first kappa shape index (κ1) is 14.5. The summed E-state index contributed by atoms with van der Waals surface area (Å²) in [7, 11) is 0. The van der Waals surface area contributed by atoms with Crippen LogP contribution >= 0.6 is 11.8 Å². The molecular weight excluding hydrogens is 260 g/mol. The lowest BCUT2D eigenvalue weighted by atomic mass is 10.1. The molecule has 0 saturated carbocycles. The summed E-state index contributed by atoms with van der Waals surface area (Å²) in [6, 6.07) is 3.42. The van der Waals surface area contributed by atoms with E-state index >= 15 is 0 Å². The number of hydrogen-bond donors (Lipinski definition) is 1. The highest BCUT2D eigenvalue weighted by molar-refractivity contribution is 8.00. The Hall–Kier alpha value is -1.61. The zero-order valence-corrected chi connectivity index (χ0v) is 10.6. The molecule has 0 amide bonds. The van der Waals surface area contributed by atoms with Crippen molar-refractivity contribution in [3.8, 4) is 6.07 Å². The molecule has 1 N–H and O–H groups in total. The van der Waals surface area contributed by atoms with Crippen LogP contribution in [0.15, 0.2) is 17.0 Å². The van der Waals surface area contributed by atoms with Gasteiger partial charge in [0.25, 0.3) is 0 Å². The molecule has 1 aromatic carbocycles. The number of rotatable bonds is 4. The Kier molecular flexibility index (Phi) is 4.68. The maximum absolute atomic E-state index is 13.6. The molecule has 1 aromatic rings. The van der Waals surface area contributed by atoms with Crippen molar-refractivity contribution in [1.29, 1.82) is 5.26 Å². The summed E-state index contributed by atoms with van der Waals surface area (Å²) in [5, 5.41) is 16.6. The minimum absolute atomic E-state index is 0.134. The van der Waals surface area contributed by atoms with Crippen LogP contribution in [-0.4, -0.2) is 16.3 Å². The molecule has 0 bridgehead atoms. The second kappa shape index (κ2) is 5.83. The Morgan fingerprint density at radius 1 is 1.39 bits per heavy atom. The average Bonchev–Trinajstić information content (AvgIpc) is 2.26. The number of thioether (sulfide) groups is 1. The van der Waals surface area contributed by atoms with E-state index in [-0.39, 0.29) is 16.4 Å². The predicted molar refractivity (Wildman–Crippen MR) is 63.2 cm³/mol. The molecule has 0 aromatic heterocycles. The SMILES string of the molecule is CC(C)C(Sc1c(F)cc(C#N)cc1F)C(=O)O. The summed E-state index contributed by atoms with van der Waals surface area (Å²) in [5.41, 5.74) is -0.134. The van der Waals surface area contributed by atoms with Gasteiger partial charge in [-0.15, -0.1) is 11.8 Å². The topological polar surface area (TPSA) is 61.1 Å². The minimum Gasteiger partial charge on any atom is -0.480 e. The molecule has 0 spiro atoms. The fraction of sp³-hybridized carbons (Fsp3) is 0.333. The Morgan fingerprint density at radius 2 is 1.89 bits per heavy atom. The predicted octanol–water partition coefficient (Wildman–Crippen LogP) is 3.04. The first-order valence-corrected chi connectivity index (χ1v) is 6.03. The fourth-order valence-electron chi connectivity index (χ4n) is 1.34. The summed E-state index contributed by atoms with van der Waals surface area (Å²) in [6.45, 7) is 3.32. The van der Waals surface area contributed by atoms with Crippen molar-refractivity contribution in [2.24, 2.45) is 5.92 Å². The molecule has 96 valence electrons. The van der Waals surface area contributed by atoms with E-state index in [0.717, 1.165) is 12.1 Å². The number of hydrogen-bond acceptors (Lipinski definition) is 3. The maximum atomic E-state index is 13.6. The number of carboxylic acids is 1. The molecule has 0 aliphatic carbocycles. The first-order valence-electron chi connectivity index (χ1n) is 5.15. The number of carbonyl (C=O) groups is 1. The molecule has 6 heteroatoms. The minimum atomic E-state index is -1.13. The van der Waals surface area contributed by atoms with Gasteiger partial charge < -0.3 is 5.11 Å². The van der Waals surface area contributed by atoms with E-state index < -0.39 is 22.9 Å². The van der Waals surface area contributed by atoms with Gasteiger partial charge in [-0.1, -0.05) is 13.8 Å². The fourth-order valence-corrected chi connectivity index (χ4v) is 2.31.